The van der Waals surface area contributed by atoms with Crippen LogP contribution in [0.15, 0.2) is 48.7 Å². The second-order valence-corrected chi connectivity index (χ2v) is 5.35. The summed E-state index contributed by atoms with van der Waals surface area (Å²) in [5.74, 6) is 0.141. The lowest BCUT2D eigenvalue weighted by Gasteiger charge is -2.33. The van der Waals surface area contributed by atoms with E-state index in [0.717, 1.165) is 36.5 Å². The molecule has 2 aromatic rings. The Labute approximate surface area is 124 Å². The molecular formula is C17H19N3O. The number of anilines is 2. The van der Waals surface area contributed by atoms with Crippen molar-refractivity contribution in [3.8, 4) is 0 Å². The third-order valence-corrected chi connectivity index (χ3v) is 3.74. The Bertz CT molecular complexity index is 627. The van der Waals surface area contributed by atoms with Gasteiger partial charge in [-0.1, -0.05) is 18.2 Å². The van der Waals surface area contributed by atoms with E-state index in [-0.39, 0.29) is 11.9 Å². The van der Waals surface area contributed by atoms with Gasteiger partial charge in [0.25, 0.3) is 0 Å². The first-order valence-corrected chi connectivity index (χ1v) is 7.30. The molecule has 0 spiro atoms. The van der Waals surface area contributed by atoms with Crippen molar-refractivity contribution in [2.75, 3.05) is 16.8 Å². The first-order chi connectivity index (χ1) is 10.2. The molecule has 1 aromatic carbocycles. The topological polar surface area (TPSA) is 45.2 Å². The van der Waals surface area contributed by atoms with Crippen LogP contribution in [-0.2, 0) is 4.79 Å². The minimum Gasteiger partial charge on any atom is -0.374 e. The molecule has 1 unspecified atom stereocenters. The minimum absolute atomic E-state index is 0.141. The summed E-state index contributed by atoms with van der Waals surface area (Å²) in [6.07, 6.45) is 3.63. The van der Waals surface area contributed by atoms with E-state index >= 15 is 0 Å². The molecule has 108 valence electrons. The third-order valence-electron chi connectivity index (χ3n) is 3.74. The van der Waals surface area contributed by atoms with Crippen LogP contribution in [0.5, 0.6) is 0 Å². The number of nitrogens with zero attached hydrogens (tertiary/aromatic N) is 2. The maximum absolute atomic E-state index is 12.7. The number of hydrogen-bond donors (Lipinski definition) is 1. The quantitative estimate of drug-likeness (QED) is 0.940. The highest BCUT2D eigenvalue weighted by Gasteiger charge is 2.29. The van der Waals surface area contributed by atoms with Crippen LogP contribution >= 0.6 is 0 Å². The maximum Gasteiger partial charge on any atom is 0.249 e. The summed E-state index contributed by atoms with van der Waals surface area (Å²) in [5.41, 5.74) is 2.87. The fraction of sp³-hybridized carbons (Fsp3) is 0.294. The molecule has 3 rings (SSSR count). The van der Waals surface area contributed by atoms with Gasteiger partial charge < -0.3 is 10.2 Å². The van der Waals surface area contributed by atoms with Crippen LogP contribution in [0, 0.1) is 6.92 Å². The Morgan fingerprint density at radius 2 is 2.05 bits per heavy atom. The number of pyridine rings is 1. The van der Waals surface area contributed by atoms with Crippen molar-refractivity contribution in [2.45, 2.75) is 25.8 Å². The van der Waals surface area contributed by atoms with E-state index in [1.807, 2.05) is 54.3 Å². The van der Waals surface area contributed by atoms with Crippen molar-refractivity contribution < 1.29 is 4.79 Å². The van der Waals surface area contributed by atoms with Gasteiger partial charge in [-0.2, -0.15) is 0 Å². The summed E-state index contributed by atoms with van der Waals surface area (Å²) in [6.45, 7) is 2.74. The Kier molecular flexibility index (Phi) is 3.86. The van der Waals surface area contributed by atoms with Crippen molar-refractivity contribution in [2.24, 2.45) is 0 Å². The highest BCUT2D eigenvalue weighted by molar-refractivity contribution is 5.99. The molecule has 4 heteroatoms. The minimum atomic E-state index is -0.166. The van der Waals surface area contributed by atoms with Crippen molar-refractivity contribution in [3.63, 3.8) is 0 Å². The number of aryl methyl sites for hydroxylation is 1. The molecule has 1 N–H and O–H groups in total. The second kappa shape index (κ2) is 5.95. The van der Waals surface area contributed by atoms with Gasteiger partial charge in [0.05, 0.1) is 0 Å². The van der Waals surface area contributed by atoms with E-state index in [1.54, 1.807) is 6.20 Å². The molecule has 0 bridgehead atoms. The van der Waals surface area contributed by atoms with Gasteiger partial charge in [-0.25, -0.2) is 0 Å². The molecule has 2 heterocycles. The van der Waals surface area contributed by atoms with Gasteiger partial charge in [-0.05, 0) is 44.0 Å². The maximum atomic E-state index is 12.7. The summed E-state index contributed by atoms with van der Waals surface area (Å²) < 4.78 is 0. The van der Waals surface area contributed by atoms with Crippen LogP contribution in [0.3, 0.4) is 0 Å². The van der Waals surface area contributed by atoms with E-state index in [9.17, 15) is 4.79 Å². The van der Waals surface area contributed by atoms with E-state index in [4.69, 9.17) is 0 Å². The number of benzene rings is 1. The highest BCUT2D eigenvalue weighted by Crippen LogP contribution is 2.23. The fourth-order valence-corrected chi connectivity index (χ4v) is 2.71. The van der Waals surface area contributed by atoms with E-state index < -0.39 is 0 Å². The lowest BCUT2D eigenvalue weighted by molar-refractivity contribution is -0.120. The highest BCUT2D eigenvalue weighted by atomic mass is 16.2. The van der Waals surface area contributed by atoms with Gasteiger partial charge in [0, 0.05) is 29.8 Å². The zero-order valence-corrected chi connectivity index (χ0v) is 12.1. The van der Waals surface area contributed by atoms with Gasteiger partial charge in [0.1, 0.15) is 6.04 Å². The molecule has 0 aliphatic carbocycles. The number of rotatable bonds is 3. The Hall–Kier alpha value is -2.36. The summed E-state index contributed by atoms with van der Waals surface area (Å²) in [7, 11) is 0. The normalized spacial score (nSPS) is 18.6. The predicted octanol–water partition coefficient (Wildman–Crippen LogP) is 3.00. The molecule has 1 atom stereocenters. The summed E-state index contributed by atoms with van der Waals surface area (Å²) in [5, 5.41) is 3.34. The van der Waals surface area contributed by atoms with Crippen molar-refractivity contribution in [1.82, 2.24) is 4.98 Å². The summed E-state index contributed by atoms with van der Waals surface area (Å²) >= 11 is 0. The van der Waals surface area contributed by atoms with Gasteiger partial charge in [0.2, 0.25) is 5.91 Å². The Morgan fingerprint density at radius 3 is 2.81 bits per heavy atom. The Morgan fingerprint density at radius 1 is 1.24 bits per heavy atom. The van der Waals surface area contributed by atoms with Crippen LogP contribution < -0.4 is 10.2 Å². The van der Waals surface area contributed by atoms with Crippen LogP contribution in [0.1, 0.15) is 18.5 Å². The van der Waals surface area contributed by atoms with E-state index in [2.05, 4.69) is 10.3 Å². The SMILES string of the molecule is Cc1cc(NC2CCCN(c3ccccc3)C2=O)ccn1. The molecule has 0 saturated carbocycles. The molecule has 21 heavy (non-hydrogen) atoms. The number of carbonyl (C=O) groups excluding carboxylic acids is 1. The van der Waals surface area contributed by atoms with Crippen molar-refractivity contribution >= 4 is 17.3 Å². The van der Waals surface area contributed by atoms with Gasteiger partial charge >= 0.3 is 0 Å². The van der Waals surface area contributed by atoms with E-state index in [1.165, 1.54) is 0 Å². The number of amides is 1. The van der Waals surface area contributed by atoms with Crippen molar-refractivity contribution in [3.05, 3.63) is 54.4 Å². The molecule has 1 saturated heterocycles. The number of nitrogens with one attached hydrogen (secondary N) is 1. The lowest BCUT2D eigenvalue weighted by atomic mass is 10.0. The van der Waals surface area contributed by atoms with Gasteiger partial charge in [-0.15, -0.1) is 0 Å². The smallest absolute Gasteiger partial charge is 0.249 e. The average Bonchev–Trinajstić information content (AvgIpc) is 2.50. The molecular weight excluding hydrogens is 262 g/mol. The summed E-state index contributed by atoms with van der Waals surface area (Å²) in [4.78, 5) is 18.7. The second-order valence-electron chi connectivity index (χ2n) is 5.35. The number of aromatic nitrogens is 1. The summed E-state index contributed by atoms with van der Waals surface area (Å²) in [6, 6.07) is 13.6. The van der Waals surface area contributed by atoms with Gasteiger partial charge in [-0.3, -0.25) is 9.78 Å². The zero-order valence-electron chi connectivity index (χ0n) is 12.1. The number of piperidine rings is 1. The Balaban J connectivity index is 1.76. The van der Waals surface area contributed by atoms with Crippen LogP contribution in [0.25, 0.3) is 0 Å². The standard InChI is InChI=1S/C17H19N3O/c1-13-12-14(9-10-18-13)19-16-8-5-11-20(17(16)21)15-6-3-2-4-7-15/h2-4,6-7,9-10,12,16H,5,8,11H2,1H3,(H,18,19). The molecule has 1 fully saturated rings. The lowest BCUT2D eigenvalue weighted by Crippen LogP contribution is -2.47. The molecule has 4 nitrogen and oxygen atoms in total. The number of carbonyl (C=O) groups is 1. The zero-order chi connectivity index (χ0) is 14.7. The van der Waals surface area contributed by atoms with Gasteiger partial charge in [0.15, 0.2) is 0 Å². The van der Waals surface area contributed by atoms with Crippen molar-refractivity contribution in [1.29, 1.82) is 0 Å². The number of hydrogen-bond acceptors (Lipinski definition) is 3. The predicted molar refractivity (Wildman–Crippen MR) is 84.4 cm³/mol. The van der Waals surface area contributed by atoms with E-state index in [0.29, 0.717) is 0 Å². The molecule has 1 aliphatic heterocycles. The monoisotopic (exact) mass is 281 g/mol. The molecule has 1 amide bonds. The fourth-order valence-electron chi connectivity index (χ4n) is 2.71. The average molecular weight is 281 g/mol. The third kappa shape index (κ3) is 3.05. The van der Waals surface area contributed by atoms with Crippen LogP contribution in [-0.4, -0.2) is 23.5 Å². The molecule has 1 aliphatic rings. The first kappa shape index (κ1) is 13.6. The molecule has 1 aromatic heterocycles. The first-order valence-electron chi connectivity index (χ1n) is 7.30. The molecule has 0 radical (unpaired) electrons. The number of para-hydroxylation sites is 1. The van der Waals surface area contributed by atoms with Crippen LogP contribution in [0.2, 0.25) is 0 Å². The largest absolute Gasteiger partial charge is 0.374 e. The van der Waals surface area contributed by atoms with Crippen LogP contribution in [0.4, 0.5) is 11.4 Å².